The minimum atomic E-state index is -0.727. The van der Waals surface area contributed by atoms with Gasteiger partial charge in [-0.1, -0.05) is 34.8 Å². The van der Waals surface area contributed by atoms with Crippen LogP contribution in [0, 0.1) is 5.82 Å². The summed E-state index contributed by atoms with van der Waals surface area (Å²) in [6.45, 7) is 0. The van der Waals surface area contributed by atoms with E-state index in [0.29, 0.717) is 15.7 Å². The molecule has 0 atom stereocenters. The van der Waals surface area contributed by atoms with Crippen LogP contribution in [-0.2, 0) is 0 Å². The predicted octanol–water partition coefficient (Wildman–Crippen LogP) is 4.69. The lowest BCUT2D eigenvalue weighted by molar-refractivity contribution is 0.633. The van der Waals surface area contributed by atoms with Gasteiger partial charge in [-0.05, 0) is 24.3 Å². The topological polar surface area (TPSA) is 64.1 Å². The fourth-order valence-electron chi connectivity index (χ4n) is 1.56. The van der Waals surface area contributed by atoms with Crippen molar-refractivity contribution < 1.29 is 4.39 Å². The van der Waals surface area contributed by atoms with E-state index < -0.39 is 5.82 Å². The fraction of sp³-hybridized carbons (Fsp3) is 0. The van der Waals surface area contributed by atoms with Gasteiger partial charge in [0.15, 0.2) is 5.82 Å². The van der Waals surface area contributed by atoms with Crippen molar-refractivity contribution in [2.75, 3.05) is 16.8 Å². The Bertz CT molecular complexity index is 626. The normalized spacial score (nSPS) is 10.5. The number of nitrogens with two attached hydrogens (primary N) is 2. The molecule has 0 radical (unpaired) electrons. The Hall–Kier alpha value is -1.36. The zero-order chi connectivity index (χ0) is 14.2. The van der Waals surface area contributed by atoms with Crippen molar-refractivity contribution >= 4 is 57.6 Å². The lowest BCUT2D eigenvalue weighted by Gasteiger charge is -2.13. The summed E-state index contributed by atoms with van der Waals surface area (Å²) in [4.78, 5) is 0. The number of halogens is 4. The average molecular weight is 321 g/mol. The molecule has 0 aliphatic rings. The van der Waals surface area contributed by atoms with E-state index >= 15 is 0 Å². The van der Waals surface area contributed by atoms with Gasteiger partial charge in [-0.15, -0.1) is 0 Å². The molecular weight excluding hydrogens is 312 g/mol. The van der Waals surface area contributed by atoms with E-state index in [1.807, 2.05) is 0 Å². The second-order valence-corrected chi connectivity index (χ2v) is 5.09. The first-order chi connectivity index (χ1) is 8.88. The Morgan fingerprint density at radius 3 is 2.05 bits per heavy atom. The van der Waals surface area contributed by atoms with Crippen molar-refractivity contribution in [2.24, 2.45) is 0 Å². The monoisotopic (exact) mass is 319 g/mol. The molecule has 0 aromatic heterocycles. The second-order valence-electron chi connectivity index (χ2n) is 3.84. The van der Waals surface area contributed by atoms with Gasteiger partial charge >= 0.3 is 0 Å². The van der Waals surface area contributed by atoms with Crippen LogP contribution in [0.1, 0.15) is 0 Å². The van der Waals surface area contributed by atoms with E-state index in [1.54, 1.807) is 18.2 Å². The molecule has 0 aliphatic carbocycles. The Kier molecular flexibility index (Phi) is 3.94. The number of benzene rings is 2. The first kappa shape index (κ1) is 14.1. The first-order valence-electron chi connectivity index (χ1n) is 5.14. The average Bonchev–Trinajstić information content (AvgIpc) is 2.31. The van der Waals surface area contributed by atoms with Crippen LogP contribution in [0.25, 0.3) is 0 Å². The minimum Gasteiger partial charge on any atom is -0.397 e. The summed E-state index contributed by atoms with van der Waals surface area (Å²) < 4.78 is 14.0. The molecule has 100 valence electrons. The van der Waals surface area contributed by atoms with E-state index in [0.717, 1.165) is 0 Å². The maximum Gasteiger partial charge on any atom is 0.169 e. The third-order valence-electron chi connectivity index (χ3n) is 2.40. The van der Waals surface area contributed by atoms with Gasteiger partial charge in [0.2, 0.25) is 0 Å². The second kappa shape index (κ2) is 5.33. The third-order valence-corrected chi connectivity index (χ3v) is 3.22. The number of anilines is 4. The van der Waals surface area contributed by atoms with Crippen LogP contribution < -0.4 is 16.8 Å². The summed E-state index contributed by atoms with van der Waals surface area (Å²) in [5, 5.41) is 3.42. The van der Waals surface area contributed by atoms with Crippen LogP contribution in [0.3, 0.4) is 0 Å². The maximum atomic E-state index is 14.0. The molecule has 2 rings (SSSR count). The van der Waals surface area contributed by atoms with Gasteiger partial charge in [0, 0.05) is 15.7 Å². The standard InChI is InChI=1S/C12H9Cl3FN3/c13-5-1-6(14)3-7(2-5)19-12-9(18)4-8(17)10(15)11(12)16/h1-4,19H,17-18H2. The van der Waals surface area contributed by atoms with Gasteiger partial charge in [0.25, 0.3) is 0 Å². The van der Waals surface area contributed by atoms with E-state index in [-0.39, 0.29) is 22.1 Å². The molecule has 19 heavy (non-hydrogen) atoms. The summed E-state index contributed by atoms with van der Waals surface area (Å²) in [6, 6.07) is 6.09. The molecule has 0 saturated carbocycles. The molecule has 2 aromatic carbocycles. The predicted molar refractivity (Wildman–Crippen MR) is 80.0 cm³/mol. The quantitative estimate of drug-likeness (QED) is 0.703. The summed E-state index contributed by atoms with van der Waals surface area (Å²) in [5.74, 6) is -0.727. The lowest BCUT2D eigenvalue weighted by Crippen LogP contribution is -2.02. The van der Waals surface area contributed by atoms with E-state index in [1.165, 1.54) is 6.07 Å². The highest BCUT2D eigenvalue weighted by atomic mass is 35.5. The van der Waals surface area contributed by atoms with Crippen LogP contribution in [0.2, 0.25) is 15.1 Å². The van der Waals surface area contributed by atoms with Gasteiger partial charge in [-0.25, -0.2) is 4.39 Å². The number of nitrogens with one attached hydrogen (secondary N) is 1. The van der Waals surface area contributed by atoms with Gasteiger partial charge < -0.3 is 16.8 Å². The molecule has 0 amide bonds. The highest BCUT2D eigenvalue weighted by Crippen LogP contribution is 2.36. The van der Waals surface area contributed by atoms with Crippen LogP contribution in [0.5, 0.6) is 0 Å². The molecule has 0 spiro atoms. The number of nitrogen functional groups attached to an aromatic ring is 2. The molecule has 0 unspecified atom stereocenters. The summed E-state index contributed by atoms with van der Waals surface area (Å²) in [6.07, 6.45) is 0. The van der Waals surface area contributed by atoms with E-state index in [9.17, 15) is 4.39 Å². The smallest absolute Gasteiger partial charge is 0.169 e. The summed E-state index contributed by atoms with van der Waals surface area (Å²) in [7, 11) is 0. The minimum absolute atomic E-state index is 0.0255. The maximum absolute atomic E-state index is 14.0. The van der Waals surface area contributed by atoms with Crippen molar-refractivity contribution in [2.45, 2.75) is 0 Å². The van der Waals surface area contributed by atoms with Crippen molar-refractivity contribution in [1.82, 2.24) is 0 Å². The molecule has 2 aromatic rings. The van der Waals surface area contributed by atoms with Crippen molar-refractivity contribution in [3.05, 3.63) is 45.2 Å². The van der Waals surface area contributed by atoms with Crippen LogP contribution >= 0.6 is 34.8 Å². The molecule has 0 bridgehead atoms. The molecule has 0 aliphatic heterocycles. The van der Waals surface area contributed by atoms with Gasteiger partial charge in [-0.2, -0.15) is 0 Å². The molecule has 3 nitrogen and oxygen atoms in total. The highest BCUT2D eigenvalue weighted by molar-refractivity contribution is 6.35. The van der Waals surface area contributed by atoms with Gasteiger partial charge in [0.1, 0.15) is 5.02 Å². The lowest BCUT2D eigenvalue weighted by atomic mass is 10.2. The van der Waals surface area contributed by atoms with Gasteiger partial charge in [-0.3, -0.25) is 0 Å². The number of hydrogen-bond donors (Lipinski definition) is 3. The zero-order valence-electron chi connectivity index (χ0n) is 9.48. The van der Waals surface area contributed by atoms with Gasteiger partial charge in [0.05, 0.1) is 17.1 Å². The Balaban J connectivity index is 2.46. The van der Waals surface area contributed by atoms with Crippen LogP contribution in [-0.4, -0.2) is 0 Å². The highest BCUT2D eigenvalue weighted by Gasteiger charge is 2.14. The molecule has 7 heteroatoms. The molecular formula is C12H9Cl3FN3. The largest absolute Gasteiger partial charge is 0.397 e. The first-order valence-corrected chi connectivity index (χ1v) is 6.28. The summed E-state index contributed by atoms with van der Waals surface area (Å²) in [5.41, 5.74) is 11.9. The molecule has 0 saturated heterocycles. The van der Waals surface area contributed by atoms with Crippen molar-refractivity contribution in [1.29, 1.82) is 0 Å². The van der Waals surface area contributed by atoms with E-state index in [4.69, 9.17) is 46.3 Å². The fourth-order valence-corrected chi connectivity index (χ4v) is 2.24. The zero-order valence-corrected chi connectivity index (χ0v) is 11.7. The van der Waals surface area contributed by atoms with Crippen LogP contribution in [0.15, 0.2) is 24.3 Å². The van der Waals surface area contributed by atoms with Crippen molar-refractivity contribution in [3.8, 4) is 0 Å². The Labute approximate surface area is 124 Å². The molecule has 0 fully saturated rings. The SMILES string of the molecule is Nc1cc(N)c(Nc2cc(Cl)cc(Cl)c2)c(F)c1Cl. The summed E-state index contributed by atoms with van der Waals surface area (Å²) >= 11 is 17.4. The molecule has 5 N–H and O–H groups in total. The van der Waals surface area contributed by atoms with Crippen LogP contribution in [0.4, 0.5) is 27.1 Å². The number of hydrogen-bond acceptors (Lipinski definition) is 3. The third kappa shape index (κ3) is 2.97. The number of rotatable bonds is 2. The van der Waals surface area contributed by atoms with E-state index in [2.05, 4.69) is 5.32 Å². The Morgan fingerprint density at radius 2 is 1.47 bits per heavy atom. The molecule has 0 heterocycles. The van der Waals surface area contributed by atoms with Crippen molar-refractivity contribution in [3.63, 3.8) is 0 Å². The Morgan fingerprint density at radius 1 is 0.895 bits per heavy atom.